The van der Waals surface area contributed by atoms with E-state index >= 15 is 0 Å². The zero-order valence-electron chi connectivity index (χ0n) is 25.0. The summed E-state index contributed by atoms with van der Waals surface area (Å²) in [4.78, 5) is 29.4. The van der Waals surface area contributed by atoms with Crippen LogP contribution in [0.2, 0.25) is 0 Å². The first-order valence-electron chi connectivity index (χ1n) is 15.0. The topological polar surface area (TPSA) is 48.4 Å². The first kappa shape index (κ1) is 31.0. The van der Waals surface area contributed by atoms with Crippen molar-refractivity contribution in [2.45, 2.75) is 78.3 Å². The molecule has 3 rings (SSSR count). The number of unbranched alkanes of at least 4 members (excludes halogenated alkanes) is 6. The summed E-state index contributed by atoms with van der Waals surface area (Å²) in [7, 11) is 3.78. The smallest absolute Gasteiger partial charge is 0.259 e. The van der Waals surface area contributed by atoms with Crippen LogP contribution in [-0.2, 0) is 13.1 Å². The van der Waals surface area contributed by atoms with Gasteiger partial charge in [-0.15, -0.1) is 0 Å². The van der Waals surface area contributed by atoms with Crippen LogP contribution in [0.5, 0.6) is 0 Å². The summed E-state index contributed by atoms with van der Waals surface area (Å²) in [6.07, 6.45) is 17.1. The number of aromatic nitrogens is 2. The predicted octanol–water partition coefficient (Wildman–Crippen LogP) is 5.66. The Kier molecular flexibility index (Phi) is 12.8. The fourth-order valence-electron chi connectivity index (χ4n) is 4.86. The molecule has 0 bridgehead atoms. The van der Waals surface area contributed by atoms with E-state index in [-0.39, 0.29) is 11.8 Å². The Morgan fingerprint density at radius 3 is 1.38 bits per heavy atom. The lowest BCUT2D eigenvalue weighted by atomic mass is 10.1. The Labute approximate surface area is 241 Å². The maximum Gasteiger partial charge on any atom is 0.259 e. The minimum atomic E-state index is 0.0709. The maximum atomic E-state index is 12.9. The van der Waals surface area contributed by atoms with Crippen molar-refractivity contribution in [3.63, 3.8) is 0 Å². The van der Waals surface area contributed by atoms with Gasteiger partial charge in [-0.3, -0.25) is 9.59 Å². The quantitative estimate of drug-likeness (QED) is 0.173. The van der Waals surface area contributed by atoms with Crippen molar-refractivity contribution in [1.29, 1.82) is 0 Å². The fourth-order valence-corrected chi connectivity index (χ4v) is 4.86. The summed E-state index contributed by atoms with van der Waals surface area (Å²) < 4.78 is 4.13. The summed E-state index contributed by atoms with van der Waals surface area (Å²) in [5, 5.41) is 0. The van der Waals surface area contributed by atoms with Gasteiger partial charge in [-0.2, -0.15) is 9.13 Å². The van der Waals surface area contributed by atoms with Crippen LogP contribution >= 0.6 is 0 Å². The second-order valence-electron chi connectivity index (χ2n) is 10.9. The van der Waals surface area contributed by atoms with Crippen LogP contribution in [-0.4, -0.2) is 48.8 Å². The van der Waals surface area contributed by atoms with E-state index in [0.29, 0.717) is 13.1 Å². The molecule has 0 aliphatic carbocycles. The molecule has 6 heteroatoms. The molecule has 0 N–H and O–H groups in total. The van der Waals surface area contributed by atoms with Gasteiger partial charge in [-0.05, 0) is 25.0 Å². The van der Waals surface area contributed by atoms with Crippen molar-refractivity contribution in [2.24, 2.45) is 0 Å². The number of benzene rings is 1. The largest absolute Gasteiger partial charge is 0.342 e. The predicted molar refractivity (Wildman–Crippen MR) is 160 cm³/mol. The van der Waals surface area contributed by atoms with Crippen LogP contribution in [0, 0.1) is 0 Å². The molecule has 2 aromatic heterocycles. The second kappa shape index (κ2) is 16.5. The number of pyridine rings is 2. The number of carbonyl (C=O) groups is 2. The molecule has 0 atom stereocenters. The van der Waals surface area contributed by atoms with Gasteiger partial charge in [0.25, 0.3) is 11.8 Å². The first-order valence-corrected chi connectivity index (χ1v) is 15.0. The lowest BCUT2D eigenvalue weighted by Crippen LogP contribution is -2.37. The lowest BCUT2D eigenvalue weighted by Gasteiger charge is -2.16. The van der Waals surface area contributed by atoms with Gasteiger partial charge in [0.05, 0.1) is 0 Å². The van der Waals surface area contributed by atoms with E-state index in [1.165, 1.54) is 36.8 Å². The Balaban J connectivity index is 1.56. The summed E-state index contributed by atoms with van der Waals surface area (Å²) in [5.74, 6) is 0.142. The molecule has 0 saturated heterocycles. The summed E-state index contributed by atoms with van der Waals surface area (Å²) >= 11 is 0. The molecule has 40 heavy (non-hydrogen) atoms. The van der Waals surface area contributed by atoms with E-state index in [1.807, 2.05) is 72.9 Å². The van der Waals surface area contributed by atoms with Crippen molar-refractivity contribution in [1.82, 2.24) is 9.80 Å². The molecule has 0 aliphatic heterocycles. The Morgan fingerprint density at radius 2 is 1.00 bits per heavy atom. The second-order valence-corrected chi connectivity index (χ2v) is 10.9. The number of carbonyl (C=O) groups excluding carboxylic acids is 2. The maximum absolute atomic E-state index is 12.9. The molecule has 0 fully saturated rings. The zero-order chi connectivity index (χ0) is 28.7. The van der Waals surface area contributed by atoms with Crippen LogP contribution in [0.3, 0.4) is 0 Å². The molecule has 0 saturated carbocycles. The molecule has 0 aliphatic rings. The van der Waals surface area contributed by atoms with Gasteiger partial charge in [0.1, 0.15) is 11.1 Å². The molecule has 3 aromatic rings. The third kappa shape index (κ3) is 9.89. The molecule has 0 spiro atoms. The lowest BCUT2D eigenvalue weighted by molar-refractivity contribution is -0.689. The number of nitrogens with zero attached hydrogens (tertiary/aromatic N) is 4. The summed E-state index contributed by atoms with van der Waals surface area (Å²) in [6, 6.07) is 16.2. The summed E-state index contributed by atoms with van der Waals surface area (Å²) in [5.41, 5.74) is 3.78. The first-order chi connectivity index (χ1) is 19.4. The molecule has 1 aromatic carbocycles. The average molecular weight is 545 g/mol. The van der Waals surface area contributed by atoms with Gasteiger partial charge in [0.2, 0.25) is 0 Å². The van der Waals surface area contributed by atoms with E-state index in [1.54, 1.807) is 0 Å². The van der Waals surface area contributed by atoms with Crippen LogP contribution in [0.15, 0.2) is 73.3 Å². The van der Waals surface area contributed by atoms with Gasteiger partial charge in [-0.1, -0.05) is 76.6 Å². The van der Waals surface area contributed by atoms with Gasteiger partial charge in [0, 0.05) is 50.4 Å². The number of hydrogen-bond donors (Lipinski definition) is 0. The van der Waals surface area contributed by atoms with Crippen LogP contribution in [0.25, 0.3) is 0 Å². The van der Waals surface area contributed by atoms with Crippen molar-refractivity contribution in [3.05, 3.63) is 95.6 Å². The highest BCUT2D eigenvalue weighted by molar-refractivity contribution is 5.93. The molecule has 0 radical (unpaired) electrons. The van der Waals surface area contributed by atoms with Gasteiger partial charge >= 0.3 is 0 Å². The van der Waals surface area contributed by atoms with E-state index < -0.39 is 0 Å². The normalized spacial score (nSPS) is 10.9. The zero-order valence-corrected chi connectivity index (χ0v) is 25.0. The summed E-state index contributed by atoms with van der Waals surface area (Å²) in [6.45, 7) is 7.37. The molecular weight excluding hydrogens is 496 g/mol. The minimum absolute atomic E-state index is 0.0709. The van der Waals surface area contributed by atoms with Crippen molar-refractivity contribution < 1.29 is 18.7 Å². The minimum Gasteiger partial charge on any atom is -0.342 e. The van der Waals surface area contributed by atoms with Crippen molar-refractivity contribution in [2.75, 3.05) is 27.2 Å². The average Bonchev–Trinajstić information content (AvgIpc) is 2.98. The molecule has 2 heterocycles. The molecule has 0 unspecified atom stereocenters. The van der Waals surface area contributed by atoms with E-state index in [9.17, 15) is 9.59 Å². The van der Waals surface area contributed by atoms with Gasteiger partial charge in [-0.25, -0.2) is 0 Å². The molecule has 214 valence electrons. The van der Waals surface area contributed by atoms with Crippen molar-refractivity contribution >= 4 is 11.8 Å². The van der Waals surface area contributed by atoms with Crippen molar-refractivity contribution in [3.8, 4) is 0 Å². The SMILES string of the molecule is CCCCCCN(C)C(=O)c1ccc[n+](Cc2ccc(C[n+]3cccc(C(=O)N(C)CCCCCC)c3)cc2)c1. The number of rotatable bonds is 16. The Bertz CT molecular complexity index is 1110. The van der Waals surface area contributed by atoms with Crippen LogP contribution in [0.4, 0.5) is 0 Å². The van der Waals surface area contributed by atoms with Crippen LogP contribution < -0.4 is 9.13 Å². The van der Waals surface area contributed by atoms with Gasteiger partial charge in [0.15, 0.2) is 37.9 Å². The Morgan fingerprint density at radius 1 is 0.600 bits per heavy atom. The number of amides is 2. The highest BCUT2D eigenvalue weighted by Crippen LogP contribution is 2.09. The third-order valence-electron chi connectivity index (χ3n) is 7.35. The monoisotopic (exact) mass is 544 g/mol. The molecule has 2 amide bonds. The fraction of sp³-hybridized carbons (Fsp3) is 0.471. The standard InChI is InChI=1S/C34H48N4O2/c1-5-7-9-11-21-35(3)33(39)31-15-13-23-37(27-31)25-29-17-19-30(20-18-29)26-38-24-14-16-32(28-38)34(40)36(4)22-12-10-8-6-2/h13-20,23-24,27-28H,5-12,21-22,25-26H2,1-4H3/q+2. The molecule has 6 nitrogen and oxygen atoms in total. The van der Waals surface area contributed by atoms with E-state index in [0.717, 1.165) is 49.9 Å². The highest BCUT2D eigenvalue weighted by atomic mass is 16.2. The van der Waals surface area contributed by atoms with Gasteiger partial charge < -0.3 is 9.80 Å². The third-order valence-corrected chi connectivity index (χ3v) is 7.35. The van der Waals surface area contributed by atoms with Crippen LogP contribution in [0.1, 0.15) is 97.1 Å². The van der Waals surface area contributed by atoms with E-state index in [4.69, 9.17) is 0 Å². The highest BCUT2D eigenvalue weighted by Gasteiger charge is 2.17. The van der Waals surface area contributed by atoms with E-state index in [2.05, 4.69) is 47.2 Å². The number of hydrogen-bond acceptors (Lipinski definition) is 2. The Hall–Kier alpha value is -3.54. The molecular formula is C34H48N4O2+2.